The minimum absolute atomic E-state index is 0.0868. The Morgan fingerprint density at radius 1 is 1.24 bits per heavy atom. The van der Waals surface area contributed by atoms with Gasteiger partial charge in [-0.1, -0.05) is 19.1 Å². The van der Waals surface area contributed by atoms with Crippen LogP contribution in [0.4, 0.5) is 5.69 Å². The van der Waals surface area contributed by atoms with Gasteiger partial charge in [-0.05, 0) is 44.4 Å². The van der Waals surface area contributed by atoms with Crippen LogP contribution in [0, 0.1) is 0 Å². The first-order valence-corrected chi connectivity index (χ1v) is 8.60. The molecule has 0 radical (unpaired) electrons. The van der Waals surface area contributed by atoms with E-state index in [1.165, 1.54) is 0 Å². The molecule has 0 unspecified atom stereocenters. The van der Waals surface area contributed by atoms with Gasteiger partial charge in [0.15, 0.2) is 0 Å². The van der Waals surface area contributed by atoms with E-state index in [1.807, 2.05) is 18.2 Å². The summed E-state index contributed by atoms with van der Waals surface area (Å²) in [7, 11) is 2.14. The third-order valence-electron chi connectivity index (χ3n) is 3.64. The molecule has 1 aromatic rings. The summed E-state index contributed by atoms with van der Waals surface area (Å²) in [6, 6.07) is 8.02. The molecule has 1 aliphatic heterocycles. The van der Waals surface area contributed by atoms with Gasteiger partial charge in [0.05, 0.1) is 12.2 Å². The van der Waals surface area contributed by atoms with Crippen LogP contribution in [0.5, 0.6) is 0 Å². The molecule has 0 aromatic heterocycles. The van der Waals surface area contributed by atoms with Crippen molar-refractivity contribution in [1.29, 1.82) is 0 Å². The van der Waals surface area contributed by atoms with Crippen molar-refractivity contribution in [2.45, 2.75) is 18.2 Å². The minimum atomic E-state index is 0.0868. The standard InChI is InChI=1S/C16H25N3OS/c1-3-21-15-8-5-4-7-14(15)17-16(20)13-19-10-6-9-18(2)11-12-19/h4-5,7-8H,3,6,9-13H2,1-2H3,(H,17,20). The highest BCUT2D eigenvalue weighted by Gasteiger charge is 2.15. The Hall–Kier alpha value is -1.04. The second-order valence-electron chi connectivity index (χ2n) is 5.41. The summed E-state index contributed by atoms with van der Waals surface area (Å²) in [6.07, 6.45) is 1.13. The normalized spacial score (nSPS) is 17.4. The molecule has 1 heterocycles. The number of likely N-dealkylation sites (N-methyl/N-ethyl adjacent to an activating group) is 1. The Labute approximate surface area is 131 Å². The molecule has 1 fully saturated rings. The fourth-order valence-electron chi connectivity index (χ4n) is 2.50. The van der Waals surface area contributed by atoms with Crippen LogP contribution >= 0.6 is 11.8 Å². The summed E-state index contributed by atoms with van der Waals surface area (Å²) < 4.78 is 0. The average molecular weight is 307 g/mol. The Balaban J connectivity index is 1.89. The van der Waals surface area contributed by atoms with Gasteiger partial charge in [0.2, 0.25) is 5.91 Å². The number of amides is 1. The number of nitrogens with zero attached hydrogens (tertiary/aromatic N) is 2. The smallest absolute Gasteiger partial charge is 0.238 e. The number of hydrogen-bond acceptors (Lipinski definition) is 4. The lowest BCUT2D eigenvalue weighted by Gasteiger charge is -2.20. The molecular formula is C16H25N3OS. The fraction of sp³-hybridized carbons (Fsp3) is 0.562. The molecule has 1 aromatic carbocycles. The van der Waals surface area contributed by atoms with Gasteiger partial charge < -0.3 is 10.2 Å². The summed E-state index contributed by atoms with van der Waals surface area (Å²) in [4.78, 5) is 18.0. The second kappa shape index (κ2) is 8.41. The monoisotopic (exact) mass is 307 g/mol. The van der Waals surface area contributed by atoms with E-state index in [0.29, 0.717) is 6.54 Å². The fourth-order valence-corrected chi connectivity index (χ4v) is 3.26. The molecule has 0 saturated carbocycles. The van der Waals surface area contributed by atoms with Crippen molar-refractivity contribution in [2.75, 3.05) is 50.8 Å². The highest BCUT2D eigenvalue weighted by atomic mass is 32.2. The maximum atomic E-state index is 12.3. The number of hydrogen-bond donors (Lipinski definition) is 1. The molecular weight excluding hydrogens is 282 g/mol. The average Bonchev–Trinajstić information content (AvgIpc) is 2.66. The lowest BCUT2D eigenvalue weighted by Crippen LogP contribution is -2.36. The Morgan fingerprint density at radius 3 is 2.86 bits per heavy atom. The third kappa shape index (κ3) is 5.34. The highest BCUT2D eigenvalue weighted by molar-refractivity contribution is 7.99. The zero-order valence-electron chi connectivity index (χ0n) is 13.0. The molecule has 1 amide bonds. The Kier molecular flexibility index (Phi) is 6.54. The summed E-state index contributed by atoms with van der Waals surface area (Å²) in [5, 5.41) is 3.06. The molecule has 4 nitrogen and oxygen atoms in total. The van der Waals surface area contributed by atoms with Crippen molar-refractivity contribution in [3.8, 4) is 0 Å². The first-order chi connectivity index (χ1) is 10.2. The Morgan fingerprint density at radius 2 is 2.05 bits per heavy atom. The summed E-state index contributed by atoms with van der Waals surface area (Å²) in [5.74, 6) is 1.09. The van der Waals surface area contributed by atoms with Crippen LogP contribution in [0.15, 0.2) is 29.2 Å². The van der Waals surface area contributed by atoms with Crippen LogP contribution in [0.25, 0.3) is 0 Å². The highest BCUT2D eigenvalue weighted by Crippen LogP contribution is 2.26. The lowest BCUT2D eigenvalue weighted by atomic mass is 10.3. The van der Waals surface area contributed by atoms with Gasteiger partial charge in [0.1, 0.15) is 0 Å². The van der Waals surface area contributed by atoms with E-state index < -0.39 is 0 Å². The number of thioether (sulfide) groups is 1. The molecule has 0 spiro atoms. The molecule has 5 heteroatoms. The van der Waals surface area contributed by atoms with Gasteiger partial charge in [0, 0.05) is 18.0 Å². The largest absolute Gasteiger partial charge is 0.324 e. The van der Waals surface area contributed by atoms with Crippen LogP contribution in [0.2, 0.25) is 0 Å². The van der Waals surface area contributed by atoms with Gasteiger partial charge in [0.25, 0.3) is 0 Å². The van der Waals surface area contributed by atoms with Gasteiger partial charge >= 0.3 is 0 Å². The van der Waals surface area contributed by atoms with Crippen molar-refractivity contribution in [3.05, 3.63) is 24.3 Å². The quantitative estimate of drug-likeness (QED) is 0.847. The van der Waals surface area contributed by atoms with Crippen molar-refractivity contribution >= 4 is 23.4 Å². The van der Waals surface area contributed by atoms with E-state index >= 15 is 0 Å². The van der Waals surface area contributed by atoms with Crippen molar-refractivity contribution in [1.82, 2.24) is 9.80 Å². The third-order valence-corrected chi connectivity index (χ3v) is 4.60. The number of benzene rings is 1. The molecule has 1 saturated heterocycles. The summed E-state index contributed by atoms with van der Waals surface area (Å²) in [6.45, 7) is 6.73. The van der Waals surface area contributed by atoms with Gasteiger partial charge in [-0.25, -0.2) is 0 Å². The number of carbonyl (C=O) groups is 1. The zero-order valence-corrected chi connectivity index (χ0v) is 13.8. The maximum absolute atomic E-state index is 12.3. The molecule has 1 N–H and O–H groups in total. The minimum Gasteiger partial charge on any atom is -0.324 e. The first-order valence-electron chi connectivity index (χ1n) is 7.61. The van der Waals surface area contributed by atoms with Crippen molar-refractivity contribution in [3.63, 3.8) is 0 Å². The number of para-hydroxylation sites is 1. The van der Waals surface area contributed by atoms with Crippen LogP contribution < -0.4 is 5.32 Å². The second-order valence-corrected chi connectivity index (χ2v) is 6.72. The number of anilines is 1. The van der Waals surface area contributed by atoms with E-state index in [2.05, 4.69) is 35.2 Å². The predicted molar refractivity (Wildman–Crippen MR) is 90.0 cm³/mol. The predicted octanol–water partition coefficient (Wildman–Crippen LogP) is 2.37. The van der Waals surface area contributed by atoms with E-state index in [-0.39, 0.29) is 5.91 Å². The van der Waals surface area contributed by atoms with E-state index in [9.17, 15) is 4.79 Å². The molecule has 0 bridgehead atoms. The van der Waals surface area contributed by atoms with Crippen LogP contribution in [-0.2, 0) is 4.79 Å². The Bertz CT molecular complexity index is 467. The van der Waals surface area contributed by atoms with Crippen molar-refractivity contribution < 1.29 is 4.79 Å². The molecule has 116 valence electrons. The van der Waals surface area contributed by atoms with Gasteiger partial charge in [-0.3, -0.25) is 9.69 Å². The topological polar surface area (TPSA) is 35.6 Å². The summed E-state index contributed by atoms with van der Waals surface area (Å²) in [5.41, 5.74) is 0.932. The van der Waals surface area contributed by atoms with E-state index in [0.717, 1.165) is 48.9 Å². The van der Waals surface area contributed by atoms with E-state index in [4.69, 9.17) is 0 Å². The molecule has 21 heavy (non-hydrogen) atoms. The van der Waals surface area contributed by atoms with Gasteiger partial charge in [-0.15, -0.1) is 11.8 Å². The molecule has 0 atom stereocenters. The molecule has 1 aliphatic rings. The van der Waals surface area contributed by atoms with Crippen LogP contribution in [0.3, 0.4) is 0 Å². The van der Waals surface area contributed by atoms with Gasteiger partial charge in [-0.2, -0.15) is 0 Å². The zero-order chi connectivity index (χ0) is 15.1. The van der Waals surface area contributed by atoms with Crippen molar-refractivity contribution in [2.24, 2.45) is 0 Å². The first kappa shape index (κ1) is 16.3. The van der Waals surface area contributed by atoms with Crippen LogP contribution in [0.1, 0.15) is 13.3 Å². The number of nitrogens with one attached hydrogen (secondary N) is 1. The lowest BCUT2D eigenvalue weighted by molar-refractivity contribution is -0.117. The van der Waals surface area contributed by atoms with E-state index in [1.54, 1.807) is 11.8 Å². The number of carbonyl (C=O) groups excluding carboxylic acids is 1. The summed E-state index contributed by atoms with van der Waals surface area (Å²) >= 11 is 1.76. The van der Waals surface area contributed by atoms with Crippen LogP contribution in [-0.4, -0.2) is 61.2 Å². The molecule has 0 aliphatic carbocycles. The SMILES string of the molecule is CCSc1ccccc1NC(=O)CN1CCCN(C)CC1. The molecule has 2 rings (SSSR count). The maximum Gasteiger partial charge on any atom is 0.238 e. The number of rotatable bonds is 5.